The molecule has 0 atom stereocenters. The highest BCUT2D eigenvalue weighted by atomic mass is 79.9. The molecule has 0 saturated carbocycles. The smallest absolute Gasteiger partial charge is 0.264 e. The first-order valence-electron chi connectivity index (χ1n) is 8.82. The molecule has 3 rings (SSSR count). The van der Waals surface area contributed by atoms with E-state index in [-0.39, 0.29) is 18.3 Å². The zero-order valence-electron chi connectivity index (χ0n) is 16.5. The van der Waals surface area contributed by atoms with Gasteiger partial charge in [0.25, 0.3) is 5.91 Å². The van der Waals surface area contributed by atoms with Gasteiger partial charge < -0.3 is 14.2 Å². The average molecular weight is 491 g/mol. The van der Waals surface area contributed by atoms with Crippen molar-refractivity contribution in [3.8, 4) is 28.5 Å². The topological polar surface area (TPSA) is 86.8 Å². The first-order valence-corrected chi connectivity index (χ1v) is 10.5. The maximum Gasteiger partial charge on any atom is 0.264 e. The van der Waals surface area contributed by atoms with Crippen LogP contribution in [0.2, 0.25) is 0 Å². The standard InChI is InChI=1S/C21H19BrN2O5S/c1-12(25)13-4-7-18(19(9-13)28-3)29-10-20(26)24-21-23-16(11-30-21)14-5-6-17(27-2)15(22)8-14/h4-9,11H,10H2,1-3H3,(H,23,24,26). The molecule has 1 heterocycles. The van der Waals surface area contributed by atoms with Gasteiger partial charge in [-0.05, 0) is 59.3 Å². The van der Waals surface area contributed by atoms with Crippen molar-refractivity contribution < 1.29 is 23.8 Å². The molecule has 156 valence electrons. The van der Waals surface area contributed by atoms with Crippen molar-refractivity contribution in [2.75, 3.05) is 26.1 Å². The zero-order chi connectivity index (χ0) is 21.7. The highest BCUT2D eigenvalue weighted by molar-refractivity contribution is 9.10. The quantitative estimate of drug-likeness (QED) is 0.456. The Bertz CT molecular complexity index is 1080. The average Bonchev–Trinajstić information content (AvgIpc) is 3.20. The molecular formula is C21H19BrN2O5S. The Balaban J connectivity index is 1.62. The number of thiazole rings is 1. The molecule has 0 bridgehead atoms. The summed E-state index contributed by atoms with van der Waals surface area (Å²) in [5, 5.41) is 5.04. The van der Waals surface area contributed by atoms with E-state index in [0.717, 1.165) is 21.5 Å². The lowest BCUT2D eigenvalue weighted by molar-refractivity contribution is -0.118. The van der Waals surface area contributed by atoms with Gasteiger partial charge in [0.1, 0.15) is 5.75 Å². The van der Waals surface area contributed by atoms with Crippen LogP contribution in [-0.2, 0) is 4.79 Å². The van der Waals surface area contributed by atoms with Crippen LogP contribution in [0, 0.1) is 0 Å². The van der Waals surface area contributed by atoms with E-state index in [4.69, 9.17) is 14.2 Å². The molecule has 0 saturated heterocycles. The maximum atomic E-state index is 12.3. The summed E-state index contributed by atoms with van der Waals surface area (Å²) in [6, 6.07) is 10.4. The normalized spacial score (nSPS) is 10.4. The van der Waals surface area contributed by atoms with Crippen molar-refractivity contribution in [2.24, 2.45) is 0 Å². The fourth-order valence-electron chi connectivity index (χ4n) is 2.59. The molecule has 2 aromatic carbocycles. The van der Waals surface area contributed by atoms with Crippen molar-refractivity contribution in [3.63, 3.8) is 0 Å². The Kier molecular flexibility index (Phi) is 7.07. The number of carbonyl (C=O) groups excluding carboxylic acids is 2. The zero-order valence-corrected chi connectivity index (χ0v) is 18.9. The van der Waals surface area contributed by atoms with Crippen LogP contribution in [0.1, 0.15) is 17.3 Å². The molecule has 1 N–H and O–H groups in total. The third-order valence-corrected chi connectivity index (χ3v) is 5.50. The second kappa shape index (κ2) is 9.73. The number of nitrogens with zero attached hydrogens (tertiary/aromatic N) is 1. The Morgan fingerprint density at radius 1 is 1.07 bits per heavy atom. The van der Waals surface area contributed by atoms with Gasteiger partial charge in [-0.25, -0.2) is 4.98 Å². The minimum Gasteiger partial charge on any atom is -0.496 e. The molecule has 0 spiro atoms. The van der Waals surface area contributed by atoms with Gasteiger partial charge in [0.2, 0.25) is 0 Å². The van der Waals surface area contributed by atoms with E-state index in [1.807, 2.05) is 23.6 Å². The van der Waals surface area contributed by atoms with Crippen LogP contribution in [-0.4, -0.2) is 37.5 Å². The molecular weight excluding hydrogens is 472 g/mol. The maximum absolute atomic E-state index is 12.3. The van der Waals surface area contributed by atoms with Gasteiger partial charge in [-0.2, -0.15) is 0 Å². The number of anilines is 1. The van der Waals surface area contributed by atoms with Gasteiger partial charge in [0.15, 0.2) is 29.0 Å². The number of ketones is 1. The second-order valence-electron chi connectivity index (χ2n) is 6.15. The number of amides is 1. The van der Waals surface area contributed by atoms with Crippen LogP contribution in [0.4, 0.5) is 5.13 Å². The van der Waals surface area contributed by atoms with E-state index >= 15 is 0 Å². The number of Topliss-reactive ketones (excluding diaryl/α,β-unsaturated/α-hetero) is 1. The van der Waals surface area contributed by atoms with Crippen molar-refractivity contribution in [1.29, 1.82) is 0 Å². The highest BCUT2D eigenvalue weighted by Crippen LogP contribution is 2.32. The number of rotatable bonds is 8. The lowest BCUT2D eigenvalue weighted by Crippen LogP contribution is -2.20. The van der Waals surface area contributed by atoms with E-state index in [2.05, 4.69) is 26.2 Å². The van der Waals surface area contributed by atoms with Crippen LogP contribution in [0.3, 0.4) is 0 Å². The summed E-state index contributed by atoms with van der Waals surface area (Å²) in [6.45, 7) is 1.24. The summed E-state index contributed by atoms with van der Waals surface area (Å²) >= 11 is 4.77. The van der Waals surface area contributed by atoms with Crippen LogP contribution in [0.25, 0.3) is 11.3 Å². The number of halogens is 1. The number of ether oxygens (including phenoxy) is 3. The Hall–Kier alpha value is -2.91. The monoisotopic (exact) mass is 490 g/mol. The molecule has 0 unspecified atom stereocenters. The van der Waals surface area contributed by atoms with Crippen molar-refractivity contribution in [1.82, 2.24) is 4.98 Å². The number of methoxy groups -OCH3 is 2. The first-order chi connectivity index (χ1) is 14.4. The molecule has 0 aliphatic rings. The molecule has 1 amide bonds. The lowest BCUT2D eigenvalue weighted by atomic mass is 10.1. The van der Waals surface area contributed by atoms with Crippen molar-refractivity contribution in [3.05, 3.63) is 51.8 Å². The predicted molar refractivity (Wildman–Crippen MR) is 119 cm³/mol. The third kappa shape index (κ3) is 5.17. The third-order valence-electron chi connectivity index (χ3n) is 4.13. The number of nitrogens with one attached hydrogen (secondary N) is 1. The van der Waals surface area contributed by atoms with E-state index in [9.17, 15) is 9.59 Å². The minimum atomic E-state index is -0.357. The molecule has 9 heteroatoms. The number of hydrogen-bond donors (Lipinski definition) is 1. The van der Waals surface area contributed by atoms with E-state index < -0.39 is 0 Å². The van der Waals surface area contributed by atoms with Crippen molar-refractivity contribution >= 4 is 44.1 Å². The fraction of sp³-hybridized carbons (Fsp3) is 0.190. The number of carbonyl (C=O) groups is 2. The molecule has 1 aromatic heterocycles. The van der Waals surface area contributed by atoms with Gasteiger partial charge in [-0.3, -0.25) is 14.9 Å². The van der Waals surface area contributed by atoms with E-state index in [0.29, 0.717) is 22.2 Å². The van der Waals surface area contributed by atoms with Crippen LogP contribution in [0.5, 0.6) is 17.2 Å². The first kappa shape index (κ1) is 21.8. The van der Waals surface area contributed by atoms with Crippen LogP contribution >= 0.6 is 27.3 Å². The number of aromatic nitrogens is 1. The molecule has 3 aromatic rings. The molecule has 0 aliphatic carbocycles. The molecule has 0 radical (unpaired) electrons. The lowest BCUT2D eigenvalue weighted by Gasteiger charge is -2.11. The largest absolute Gasteiger partial charge is 0.496 e. The molecule has 7 nitrogen and oxygen atoms in total. The molecule has 30 heavy (non-hydrogen) atoms. The minimum absolute atomic E-state index is 0.0824. The molecule has 0 fully saturated rings. The van der Waals surface area contributed by atoms with Crippen molar-refractivity contribution in [2.45, 2.75) is 6.92 Å². The summed E-state index contributed by atoms with van der Waals surface area (Å²) in [7, 11) is 3.08. The summed E-state index contributed by atoms with van der Waals surface area (Å²) in [6.07, 6.45) is 0. The van der Waals surface area contributed by atoms with Gasteiger partial charge in [0, 0.05) is 16.5 Å². The fourth-order valence-corrected chi connectivity index (χ4v) is 3.87. The van der Waals surface area contributed by atoms with Crippen LogP contribution < -0.4 is 19.5 Å². The second-order valence-corrected chi connectivity index (χ2v) is 7.86. The number of benzene rings is 2. The van der Waals surface area contributed by atoms with Crippen LogP contribution in [0.15, 0.2) is 46.3 Å². The van der Waals surface area contributed by atoms with Gasteiger partial charge in [0.05, 0.1) is 24.4 Å². The summed E-state index contributed by atoms with van der Waals surface area (Å²) < 4.78 is 16.8. The Morgan fingerprint density at radius 2 is 1.80 bits per heavy atom. The van der Waals surface area contributed by atoms with E-state index in [1.165, 1.54) is 25.4 Å². The summed E-state index contributed by atoms with van der Waals surface area (Å²) in [5.41, 5.74) is 2.14. The Morgan fingerprint density at radius 3 is 2.47 bits per heavy atom. The van der Waals surface area contributed by atoms with Gasteiger partial charge in [-0.1, -0.05) is 0 Å². The van der Waals surface area contributed by atoms with Gasteiger partial charge in [-0.15, -0.1) is 11.3 Å². The van der Waals surface area contributed by atoms with E-state index in [1.54, 1.807) is 25.3 Å². The highest BCUT2D eigenvalue weighted by Gasteiger charge is 2.13. The Labute approximate surface area is 186 Å². The summed E-state index contributed by atoms with van der Waals surface area (Å²) in [5.74, 6) is 1.05. The summed E-state index contributed by atoms with van der Waals surface area (Å²) in [4.78, 5) is 28.2. The van der Waals surface area contributed by atoms with Gasteiger partial charge >= 0.3 is 0 Å². The molecule has 0 aliphatic heterocycles. The number of hydrogen-bond acceptors (Lipinski definition) is 7. The SMILES string of the molecule is COc1ccc(-c2csc(NC(=O)COc3ccc(C(C)=O)cc3OC)n2)cc1Br. The predicted octanol–water partition coefficient (Wildman–Crippen LogP) is 4.81.